The van der Waals surface area contributed by atoms with E-state index in [-0.39, 0.29) is 23.6 Å². The van der Waals surface area contributed by atoms with E-state index in [2.05, 4.69) is 27.0 Å². The number of para-hydroxylation sites is 1. The van der Waals surface area contributed by atoms with Gasteiger partial charge in [-0.15, -0.1) is 6.42 Å². The Morgan fingerprint density at radius 1 is 1.21 bits per heavy atom. The highest BCUT2D eigenvalue weighted by Gasteiger charge is 2.46. The second-order valence-corrected chi connectivity index (χ2v) is 6.55. The van der Waals surface area contributed by atoms with Gasteiger partial charge in [-0.3, -0.25) is 4.79 Å². The molecule has 2 aromatic rings. The predicted molar refractivity (Wildman–Crippen MR) is 104 cm³/mol. The Balaban J connectivity index is 2.10. The summed E-state index contributed by atoms with van der Waals surface area (Å²) in [5, 5.41) is 4.26. The molecule has 0 unspecified atom stereocenters. The molecule has 4 nitrogen and oxygen atoms in total. The highest BCUT2D eigenvalue weighted by Crippen LogP contribution is 2.34. The molecule has 0 saturated carbocycles. The third kappa shape index (κ3) is 4.10. The molecule has 0 fully saturated rings. The highest BCUT2D eigenvalue weighted by atomic mass is 79.9. The van der Waals surface area contributed by atoms with Gasteiger partial charge < -0.3 is 4.74 Å². The van der Waals surface area contributed by atoms with Crippen molar-refractivity contribution in [3.8, 4) is 18.1 Å². The molecule has 0 bridgehead atoms. The van der Waals surface area contributed by atoms with Gasteiger partial charge >= 0.3 is 6.18 Å². The molecular formula is C20H12BrF3N2O2. The summed E-state index contributed by atoms with van der Waals surface area (Å²) in [7, 11) is 0. The first-order chi connectivity index (χ1) is 13.3. The van der Waals surface area contributed by atoms with E-state index in [1.807, 2.05) is 0 Å². The Hall–Kier alpha value is -3.05. The summed E-state index contributed by atoms with van der Waals surface area (Å²) in [6.45, 7) is -0.0674. The number of halogens is 4. The summed E-state index contributed by atoms with van der Waals surface area (Å²) in [6, 6.07) is 12.6. The highest BCUT2D eigenvalue weighted by molar-refractivity contribution is 9.10. The maximum atomic E-state index is 13.5. The molecule has 3 rings (SSSR count). The Morgan fingerprint density at radius 2 is 1.93 bits per heavy atom. The lowest BCUT2D eigenvalue weighted by molar-refractivity contribution is -0.114. The summed E-state index contributed by atoms with van der Waals surface area (Å²) in [6.07, 6.45) is 1.47. The molecule has 1 amide bonds. The maximum Gasteiger partial charge on any atom is 0.435 e. The minimum Gasteiger partial charge on any atom is -0.480 e. The summed E-state index contributed by atoms with van der Waals surface area (Å²) in [5.74, 6) is 1.65. The van der Waals surface area contributed by atoms with Gasteiger partial charge in [0, 0.05) is 10.0 Å². The van der Waals surface area contributed by atoms with Crippen LogP contribution in [0, 0.1) is 12.3 Å². The zero-order chi connectivity index (χ0) is 20.3. The van der Waals surface area contributed by atoms with Crippen LogP contribution in [-0.2, 0) is 4.79 Å². The van der Waals surface area contributed by atoms with Crippen LogP contribution < -0.4 is 9.75 Å². The largest absolute Gasteiger partial charge is 0.480 e. The van der Waals surface area contributed by atoms with Crippen LogP contribution in [0.1, 0.15) is 5.56 Å². The van der Waals surface area contributed by atoms with Gasteiger partial charge in [-0.1, -0.05) is 40.0 Å². The molecule has 2 aromatic carbocycles. The molecule has 142 valence electrons. The number of hydrogen-bond donors (Lipinski definition) is 0. The van der Waals surface area contributed by atoms with E-state index in [4.69, 9.17) is 11.2 Å². The lowest BCUT2D eigenvalue weighted by Crippen LogP contribution is -2.25. The van der Waals surface area contributed by atoms with Gasteiger partial charge in [0.2, 0.25) is 0 Å². The number of hydrazone groups is 1. The fourth-order valence-corrected chi connectivity index (χ4v) is 2.92. The minimum atomic E-state index is -4.81. The predicted octanol–water partition coefficient (Wildman–Crippen LogP) is 4.81. The molecule has 0 spiro atoms. The number of carbonyl (C=O) groups excluding carboxylic acids is 1. The van der Waals surface area contributed by atoms with Crippen LogP contribution in [0.3, 0.4) is 0 Å². The van der Waals surface area contributed by atoms with Crippen LogP contribution in [0.25, 0.3) is 6.08 Å². The first-order valence-corrected chi connectivity index (χ1v) is 8.73. The fourth-order valence-electron chi connectivity index (χ4n) is 2.54. The van der Waals surface area contributed by atoms with Crippen LogP contribution >= 0.6 is 15.9 Å². The molecule has 0 radical (unpaired) electrons. The van der Waals surface area contributed by atoms with E-state index >= 15 is 0 Å². The Kier molecular flexibility index (Phi) is 5.56. The monoisotopic (exact) mass is 448 g/mol. The quantitative estimate of drug-likeness (QED) is 0.497. The van der Waals surface area contributed by atoms with Crippen LogP contribution in [0.4, 0.5) is 18.9 Å². The summed E-state index contributed by atoms with van der Waals surface area (Å²) in [5.41, 5.74) is -1.36. The van der Waals surface area contributed by atoms with Crippen molar-refractivity contribution in [1.29, 1.82) is 0 Å². The first-order valence-electron chi connectivity index (χ1n) is 7.94. The van der Waals surface area contributed by atoms with Crippen molar-refractivity contribution in [3.63, 3.8) is 0 Å². The molecule has 0 atom stereocenters. The lowest BCUT2D eigenvalue weighted by atomic mass is 10.1. The first kappa shape index (κ1) is 19.7. The average Bonchev–Trinajstić information content (AvgIpc) is 2.99. The SMILES string of the molecule is C#CCOc1ccc(Br)cc1/C=C1\C(=O)N(c2ccccc2)N=C1C(F)(F)F. The summed E-state index contributed by atoms with van der Waals surface area (Å²) < 4.78 is 46.6. The Bertz CT molecular complexity index is 1010. The van der Waals surface area contributed by atoms with Gasteiger partial charge in [-0.05, 0) is 36.4 Å². The number of ether oxygens (including phenoxy) is 1. The van der Waals surface area contributed by atoms with Crippen LogP contribution in [0.15, 0.2) is 63.7 Å². The topological polar surface area (TPSA) is 41.9 Å². The van der Waals surface area contributed by atoms with Crippen LogP contribution in [-0.4, -0.2) is 24.4 Å². The third-order valence-corrected chi connectivity index (χ3v) is 4.22. The number of carbonyl (C=O) groups is 1. The Labute approximate surface area is 167 Å². The molecule has 0 N–H and O–H groups in total. The van der Waals surface area contributed by atoms with E-state index < -0.39 is 23.4 Å². The number of alkyl halides is 3. The number of hydrogen-bond acceptors (Lipinski definition) is 3. The van der Waals surface area contributed by atoms with Gasteiger partial charge in [-0.2, -0.15) is 23.3 Å². The third-order valence-electron chi connectivity index (χ3n) is 3.73. The van der Waals surface area contributed by atoms with E-state index in [1.54, 1.807) is 30.3 Å². The molecule has 0 aliphatic carbocycles. The average molecular weight is 449 g/mol. The smallest absolute Gasteiger partial charge is 0.435 e. The van der Waals surface area contributed by atoms with Crippen molar-refractivity contribution in [2.24, 2.45) is 5.10 Å². The number of nitrogens with zero attached hydrogens (tertiary/aromatic N) is 2. The number of amides is 1. The van der Waals surface area contributed by atoms with Crippen LogP contribution in [0.5, 0.6) is 5.75 Å². The van der Waals surface area contributed by atoms with Gasteiger partial charge in [0.25, 0.3) is 5.91 Å². The van der Waals surface area contributed by atoms with Gasteiger partial charge in [0.15, 0.2) is 5.71 Å². The number of terminal acetylenes is 1. The molecular weight excluding hydrogens is 437 g/mol. The molecule has 28 heavy (non-hydrogen) atoms. The van der Waals surface area contributed by atoms with Crippen molar-refractivity contribution < 1.29 is 22.7 Å². The minimum absolute atomic E-state index is 0.0674. The zero-order valence-corrected chi connectivity index (χ0v) is 15.8. The van der Waals surface area contributed by atoms with Crippen LogP contribution in [0.2, 0.25) is 0 Å². The van der Waals surface area contributed by atoms with E-state index in [0.717, 1.165) is 11.1 Å². The van der Waals surface area contributed by atoms with Gasteiger partial charge in [0.05, 0.1) is 11.3 Å². The maximum absolute atomic E-state index is 13.5. The molecule has 0 saturated heterocycles. The van der Waals surface area contributed by atoms with Gasteiger partial charge in [-0.25, -0.2) is 0 Å². The summed E-state index contributed by atoms with van der Waals surface area (Å²) >= 11 is 3.26. The molecule has 1 heterocycles. The number of benzene rings is 2. The van der Waals surface area contributed by atoms with E-state index in [1.165, 1.54) is 18.2 Å². The van der Waals surface area contributed by atoms with Crippen molar-refractivity contribution in [1.82, 2.24) is 0 Å². The second kappa shape index (κ2) is 7.90. The Morgan fingerprint density at radius 3 is 2.57 bits per heavy atom. The normalized spacial score (nSPS) is 15.5. The van der Waals surface area contributed by atoms with E-state index in [9.17, 15) is 18.0 Å². The second-order valence-electron chi connectivity index (χ2n) is 5.63. The van der Waals surface area contributed by atoms with Crippen molar-refractivity contribution in [2.45, 2.75) is 6.18 Å². The zero-order valence-electron chi connectivity index (χ0n) is 14.2. The molecule has 1 aliphatic rings. The molecule has 0 aromatic heterocycles. The molecule has 8 heteroatoms. The number of rotatable bonds is 4. The number of anilines is 1. The fraction of sp³-hybridized carbons (Fsp3) is 0.100. The standard InChI is InChI=1S/C20H12BrF3N2O2/c1-2-10-28-17-9-8-14(21)11-13(17)12-16-18(20(22,23)24)25-26(19(16)27)15-6-4-3-5-7-15/h1,3-9,11-12H,10H2/b16-12-. The van der Waals surface area contributed by atoms with Crippen molar-refractivity contribution in [2.75, 3.05) is 11.6 Å². The molecule has 1 aliphatic heterocycles. The van der Waals surface area contributed by atoms with Gasteiger partial charge in [0.1, 0.15) is 12.4 Å². The lowest BCUT2D eigenvalue weighted by Gasteiger charge is -2.11. The van der Waals surface area contributed by atoms with Crippen molar-refractivity contribution in [3.05, 3.63) is 64.1 Å². The summed E-state index contributed by atoms with van der Waals surface area (Å²) in [4.78, 5) is 12.7. The van der Waals surface area contributed by atoms with Crippen molar-refractivity contribution >= 4 is 39.3 Å². The van der Waals surface area contributed by atoms with E-state index in [0.29, 0.717) is 4.47 Å².